The fourth-order valence-electron chi connectivity index (χ4n) is 4.25. The van der Waals surface area contributed by atoms with Crippen LogP contribution in [0.25, 0.3) is 0 Å². The Kier molecular flexibility index (Phi) is 9.06. The molecule has 2 aromatic rings. The van der Waals surface area contributed by atoms with Gasteiger partial charge in [0.15, 0.2) is 0 Å². The van der Waals surface area contributed by atoms with E-state index in [0.717, 1.165) is 53.4 Å². The Balaban J connectivity index is 2.20. The van der Waals surface area contributed by atoms with E-state index >= 15 is 0 Å². The third-order valence-corrected chi connectivity index (χ3v) is 9.00. The van der Waals surface area contributed by atoms with Gasteiger partial charge in [0.1, 0.15) is 11.6 Å². The SMILES string of the molecule is CCCCC1CC(c2ccc(F)cc2)c2cc(SCC)c(O/C=C/C(=O)O)cc2S(O)(O)N1C. The van der Waals surface area contributed by atoms with E-state index in [1.54, 1.807) is 29.6 Å². The summed E-state index contributed by atoms with van der Waals surface area (Å²) in [6, 6.07) is 9.80. The third-order valence-electron chi connectivity index (χ3n) is 6.04. The van der Waals surface area contributed by atoms with Gasteiger partial charge in [0.2, 0.25) is 0 Å². The average molecular weight is 510 g/mol. The number of halogens is 1. The molecule has 0 fully saturated rings. The smallest absolute Gasteiger partial charge is 0.331 e. The molecule has 1 aliphatic rings. The van der Waals surface area contributed by atoms with E-state index in [9.17, 15) is 18.3 Å². The van der Waals surface area contributed by atoms with Crippen LogP contribution < -0.4 is 4.74 Å². The van der Waals surface area contributed by atoms with Crippen LogP contribution in [0.1, 0.15) is 56.6 Å². The van der Waals surface area contributed by atoms with Gasteiger partial charge in [-0.05, 0) is 47.9 Å². The minimum absolute atomic E-state index is 0.0917. The van der Waals surface area contributed by atoms with Gasteiger partial charge in [-0.25, -0.2) is 13.5 Å². The monoisotopic (exact) mass is 509 g/mol. The lowest BCUT2D eigenvalue weighted by molar-refractivity contribution is -0.131. The summed E-state index contributed by atoms with van der Waals surface area (Å²) in [7, 11) is -1.62. The van der Waals surface area contributed by atoms with Crippen molar-refractivity contribution in [3.05, 3.63) is 65.7 Å². The van der Waals surface area contributed by atoms with Gasteiger partial charge < -0.3 is 9.84 Å². The molecule has 0 bridgehead atoms. The molecular weight excluding hydrogens is 477 g/mol. The van der Waals surface area contributed by atoms with Crippen molar-refractivity contribution in [3.8, 4) is 5.75 Å². The van der Waals surface area contributed by atoms with Crippen LogP contribution in [0.4, 0.5) is 4.39 Å². The molecule has 0 aliphatic carbocycles. The number of hydrogen-bond donors (Lipinski definition) is 3. The fourth-order valence-corrected chi connectivity index (χ4v) is 6.72. The summed E-state index contributed by atoms with van der Waals surface area (Å²) in [5.41, 5.74) is 1.67. The van der Waals surface area contributed by atoms with Crippen LogP contribution in [0.2, 0.25) is 0 Å². The molecule has 3 N–H and O–H groups in total. The molecule has 186 valence electrons. The van der Waals surface area contributed by atoms with Gasteiger partial charge in [-0.1, -0.05) is 38.8 Å². The van der Waals surface area contributed by atoms with Crippen LogP contribution in [-0.2, 0) is 4.79 Å². The molecule has 1 aliphatic heterocycles. The largest absolute Gasteiger partial charge is 0.478 e. The van der Waals surface area contributed by atoms with Gasteiger partial charge in [-0.3, -0.25) is 9.11 Å². The number of thioether (sulfide) groups is 1. The zero-order valence-electron chi connectivity index (χ0n) is 19.6. The number of carboxylic acid groups (broad SMARTS) is 1. The van der Waals surface area contributed by atoms with E-state index in [2.05, 4.69) is 6.92 Å². The number of nitrogens with zero attached hydrogens (tertiary/aromatic N) is 1. The maximum Gasteiger partial charge on any atom is 0.331 e. The summed E-state index contributed by atoms with van der Waals surface area (Å²) < 4.78 is 43.9. The van der Waals surface area contributed by atoms with Crippen molar-refractivity contribution >= 4 is 28.5 Å². The highest BCUT2D eigenvalue weighted by Gasteiger charge is 2.39. The molecule has 1 heterocycles. The highest BCUT2D eigenvalue weighted by molar-refractivity contribution is 8.22. The first-order chi connectivity index (χ1) is 16.2. The molecule has 34 heavy (non-hydrogen) atoms. The summed E-state index contributed by atoms with van der Waals surface area (Å²) in [6.07, 6.45) is 5.36. The predicted molar refractivity (Wildman–Crippen MR) is 135 cm³/mol. The maximum atomic E-state index is 13.7. The van der Waals surface area contributed by atoms with E-state index in [4.69, 9.17) is 9.84 Å². The lowest BCUT2D eigenvalue weighted by Gasteiger charge is -2.44. The second kappa shape index (κ2) is 11.6. The summed E-state index contributed by atoms with van der Waals surface area (Å²) >= 11 is 1.52. The highest BCUT2D eigenvalue weighted by atomic mass is 32.3. The highest BCUT2D eigenvalue weighted by Crippen LogP contribution is 2.60. The van der Waals surface area contributed by atoms with Gasteiger partial charge in [0.25, 0.3) is 0 Å². The summed E-state index contributed by atoms with van der Waals surface area (Å²) in [4.78, 5) is 12.0. The van der Waals surface area contributed by atoms with Gasteiger partial charge in [0.05, 0.1) is 22.1 Å². The number of benzene rings is 2. The lowest BCUT2D eigenvalue weighted by Crippen LogP contribution is -2.33. The molecule has 6 nitrogen and oxygen atoms in total. The van der Waals surface area contributed by atoms with Crippen molar-refractivity contribution in [1.29, 1.82) is 0 Å². The Hall–Kier alpha value is -2.04. The van der Waals surface area contributed by atoms with Crippen molar-refractivity contribution in [2.24, 2.45) is 0 Å². The van der Waals surface area contributed by atoms with Crippen molar-refractivity contribution in [2.45, 2.75) is 61.3 Å². The van der Waals surface area contributed by atoms with Crippen LogP contribution in [0, 0.1) is 5.82 Å². The lowest BCUT2D eigenvalue weighted by atomic mass is 9.84. The first kappa shape index (κ1) is 26.6. The Morgan fingerprint density at radius 1 is 1.26 bits per heavy atom. The molecule has 0 amide bonds. The second-order valence-corrected chi connectivity index (χ2v) is 11.6. The third kappa shape index (κ3) is 5.95. The number of aliphatic carboxylic acids is 1. The number of carboxylic acids is 1. The predicted octanol–water partition coefficient (Wildman–Crippen LogP) is 6.97. The van der Waals surface area contributed by atoms with Crippen molar-refractivity contribution in [2.75, 3.05) is 12.8 Å². The minimum Gasteiger partial charge on any atom is -0.478 e. The maximum absolute atomic E-state index is 13.7. The quantitative estimate of drug-likeness (QED) is 0.191. The zero-order chi connectivity index (χ0) is 24.9. The van der Waals surface area contributed by atoms with Crippen LogP contribution >= 0.6 is 22.5 Å². The molecule has 0 spiro atoms. The molecule has 2 aromatic carbocycles. The molecule has 0 aromatic heterocycles. The van der Waals surface area contributed by atoms with E-state index in [1.807, 2.05) is 13.0 Å². The zero-order valence-corrected chi connectivity index (χ0v) is 21.2. The molecule has 0 radical (unpaired) electrons. The number of ether oxygens (including phenoxy) is 1. The molecule has 2 atom stereocenters. The Labute approximate surface area is 206 Å². The summed E-state index contributed by atoms with van der Waals surface area (Å²) in [6.45, 7) is 4.09. The number of hydrogen-bond acceptors (Lipinski definition) is 6. The summed E-state index contributed by atoms with van der Waals surface area (Å²) in [5.74, 6) is -0.528. The summed E-state index contributed by atoms with van der Waals surface area (Å²) in [5, 5.41) is 8.91. The molecule has 2 unspecified atom stereocenters. The van der Waals surface area contributed by atoms with Crippen LogP contribution in [-0.4, -0.2) is 43.3 Å². The standard InChI is InChI=1S/C25H32FNO5S2/c1-4-6-7-19-14-20(17-8-10-18(26)11-9-17)21-15-23(33-5-2)22(32-13-12-25(28)29)16-24(21)34(30,31)27(19)3/h8-13,15-16,19-20,30-31H,4-7,14H2,1-3H3,(H,28,29)/b13-12+. The van der Waals surface area contributed by atoms with E-state index in [1.165, 1.54) is 23.9 Å². The Morgan fingerprint density at radius 3 is 2.59 bits per heavy atom. The molecule has 9 heteroatoms. The van der Waals surface area contributed by atoms with Crippen molar-refractivity contribution in [3.63, 3.8) is 0 Å². The Morgan fingerprint density at radius 2 is 1.97 bits per heavy atom. The first-order valence-corrected chi connectivity index (χ1v) is 13.8. The molecule has 0 saturated carbocycles. The number of rotatable bonds is 9. The van der Waals surface area contributed by atoms with Crippen LogP contribution in [0.5, 0.6) is 5.75 Å². The van der Waals surface area contributed by atoms with Gasteiger partial charge in [-0.2, -0.15) is 0 Å². The van der Waals surface area contributed by atoms with Gasteiger partial charge >= 0.3 is 5.97 Å². The van der Waals surface area contributed by atoms with E-state index in [0.29, 0.717) is 17.1 Å². The number of unbranched alkanes of at least 4 members (excludes halogenated alkanes) is 1. The fraction of sp³-hybridized carbons (Fsp3) is 0.400. The molecule has 3 rings (SSSR count). The van der Waals surface area contributed by atoms with Gasteiger partial charge in [-0.15, -0.1) is 22.5 Å². The topological polar surface area (TPSA) is 90.2 Å². The first-order valence-electron chi connectivity index (χ1n) is 11.3. The van der Waals surface area contributed by atoms with Gasteiger partial charge in [0, 0.05) is 25.1 Å². The van der Waals surface area contributed by atoms with Crippen molar-refractivity contribution in [1.82, 2.24) is 4.31 Å². The second-order valence-electron chi connectivity index (χ2n) is 8.23. The van der Waals surface area contributed by atoms with Crippen molar-refractivity contribution < 1.29 is 28.1 Å². The molecule has 0 saturated heterocycles. The van der Waals surface area contributed by atoms with Crippen LogP contribution in [0.3, 0.4) is 0 Å². The van der Waals surface area contributed by atoms with E-state index in [-0.39, 0.29) is 17.8 Å². The number of fused-ring (bicyclic) bond motifs is 1. The Bertz CT molecular complexity index is 1030. The minimum atomic E-state index is -3.35. The van der Waals surface area contributed by atoms with Crippen LogP contribution in [0.15, 0.2) is 58.5 Å². The molecular formula is C25H32FNO5S2. The normalized spacial score (nSPS) is 21.1. The average Bonchev–Trinajstić information content (AvgIpc) is 2.87. The van der Waals surface area contributed by atoms with E-state index < -0.39 is 16.7 Å². The number of carbonyl (C=O) groups is 1.